The zero-order chi connectivity index (χ0) is 14.2. The molecule has 0 aromatic heterocycles. The molecule has 0 aliphatic heterocycles. The molecule has 2 fully saturated rings. The van der Waals surface area contributed by atoms with Gasteiger partial charge >= 0.3 is 0 Å². The fraction of sp³-hybridized carbons (Fsp3) is 0.938. The zero-order valence-corrected chi connectivity index (χ0v) is 13.0. The first-order valence-corrected chi connectivity index (χ1v) is 8.62. The van der Waals surface area contributed by atoms with Crippen molar-refractivity contribution in [2.75, 3.05) is 0 Å². The van der Waals surface area contributed by atoms with Crippen LogP contribution in [-0.2, 0) is 0 Å². The van der Waals surface area contributed by atoms with E-state index in [0.717, 1.165) is 11.9 Å². The summed E-state index contributed by atoms with van der Waals surface area (Å²) in [7, 11) is 0. The summed E-state index contributed by atoms with van der Waals surface area (Å²) in [5.74, 6) is 7.39. The lowest BCUT2D eigenvalue weighted by atomic mass is 9.84. The maximum atomic E-state index is 5.64. The molecule has 2 aliphatic rings. The lowest BCUT2D eigenvalue weighted by Gasteiger charge is -2.28. The Morgan fingerprint density at radius 3 is 2.35 bits per heavy atom. The maximum Gasteiger partial charge on any atom is 0.206 e. The van der Waals surface area contributed by atoms with Gasteiger partial charge in [-0.1, -0.05) is 39.0 Å². The number of hydrogen-bond donors (Lipinski definition) is 3. The first kappa shape index (κ1) is 15.6. The van der Waals surface area contributed by atoms with Crippen molar-refractivity contribution in [2.45, 2.75) is 89.6 Å². The Kier molecular flexibility index (Phi) is 6.64. The van der Waals surface area contributed by atoms with E-state index in [2.05, 4.69) is 17.7 Å². The van der Waals surface area contributed by atoms with Crippen molar-refractivity contribution in [3.63, 3.8) is 0 Å². The van der Waals surface area contributed by atoms with Crippen molar-refractivity contribution in [2.24, 2.45) is 16.8 Å². The van der Waals surface area contributed by atoms with Gasteiger partial charge in [0.05, 0.1) is 6.04 Å². The Balaban J connectivity index is 1.78. The van der Waals surface area contributed by atoms with Crippen LogP contribution in [0.4, 0.5) is 0 Å². The highest BCUT2D eigenvalue weighted by Crippen LogP contribution is 2.29. The number of nitrogens with zero attached hydrogens (tertiary/aromatic N) is 1. The summed E-state index contributed by atoms with van der Waals surface area (Å²) in [5.41, 5.74) is 2.77. The number of nitrogens with one attached hydrogen (secondary N) is 2. The minimum Gasteiger partial charge on any atom is -0.353 e. The molecule has 2 rings (SSSR count). The molecule has 0 radical (unpaired) electrons. The van der Waals surface area contributed by atoms with E-state index in [4.69, 9.17) is 10.8 Å². The van der Waals surface area contributed by atoms with Gasteiger partial charge in [0.1, 0.15) is 0 Å². The third-order valence-electron chi connectivity index (χ3n) is 4.91. The Morgan fingerprint density at radius 2 is 1.75 bits per heavy atom. The summed E-state index contributed by atoms with van der Waals surface area (Å²) in [6, 6.07) is 1.03. The van der Waals surface area contributed by atoms with Gasteiger partial charge in [-0.2, -0.15) is 0 Å². The van der Waals surface area contributed by atoms with Crippen LogP contribution in [0.25, 0.3) is 0 Å². The second kappa shape index (κ2) is 8.50. The van der Waals surface area contributed by atoms with E-state index < -0.39 is 0 Å². The summed E-state index contributed by atoms with van der Waals surface area (Å²) in [4.78, 5) is 4.81. The molecule has 20 heavy (non-hydrogen) atoms. The zero-order valence-electron chi connectivity index (χ0n) is 13.0. The molecule has 0 heterocycles. The van der Waals surface area contributed by atoms with Crippen molar-refractivity contribution in [3.8, 4) is 0 Å². The third-order valence-corrected chi connectivity index (χ3v) is 4.91. The standard InChI is InChI=1S/C16H32N4/c1-2-6-13-9-11-15(12-10-13)19-16(20-17)18-14-7-4-3-5-8-14/h13-15H,2-12,17H2,1H3,(H2,18,19,20). The van der Waals surface area contributed by atoms with E-state index in [-0.39, 0.29) is 0 Å². The molecule has 0 spiro atoms. The molecule has 116 valence electrons. The van der Waals surface area contributed by atoms with Crippen LogP contribution in [0.3, 0.4) is 0 Å². The fourth-order valence-corrected chi connectivity index (χ4v) is 3.71. The van der Waals surface area contributed by atoms with Gasteiger partial charge in [0, 0.05) is 6.04 Å². The molecule has 0 bridgehead atoms. The molecule has 4 N–H and O–H groups in total. The first-order valence-electron chi connectivity index (χ1n) is 8.62. The molecule has 4 nitrogen and oxygen atoms in total. The van der Waals surface area contributed by atoms with Crippen LogP contribution >= 0.6 is 0 Å². The van der Waals surface area contributed by atoms with Gasteiger partial charge in [-0.3, -0.25) is 5.43 Å². The molecular weight excluding hydrogens is 248 g/mol. The Hall–Kier alpha value is -0.770. The summed E-state index contributed by atoms with van der Waals surface area (Å²) in [5, 5.41) is 3.50. The minimum atomic E-state index is 0.463. The van der Waals surface area contributed by atoms with Crippen LogP contribution < -0.4 is 16.6 Å². The highest BCUT2D eigenvalue weighted by atomic mass is 15.3. The van der Waals surface area contributed by atoms with Crippen molar-refractivity contribution >= 4 is 5.96 Å². The average molecular weight is 280 g/mol. The molecule has 0 amide bonds. The Morgan fingerprint density at radius 1 is 1.05 bits per heavy atom. The lowest BCUT2D eigenvalue weighted by Crippen LogP contribution is -2.47. The van der Waals surface area contributed by atoms with Crippen LogP contribution in [0.1, 0.15) is 77.6 Å². The van der Waals surface area contributed by atoms with Crippen LogP contribution in [-0.4, -0.2) is 18.0 Å². The lowest BCUT2D eigenvalue weighted by molar-refractivity contribution is 0.308. The van der Waals surface area contributed by atoms with E-state index in [1.54, 1.807) is 0 Å². The molecule has 2 saturated carbocycles. The normalized spacial score (nSPS) is 29.2. The second-order valence-corrected chi connectivity index (χ2v) is 6.56. The summed E-state index contributed by atoms with van der Waals surface area (Å²) in [6.07, 6.45) is 14.4. The number of hydrogen-bond acceptors (Lipinski definition) is 2. The summed E-state index contributed by atoms with van der Waals surface area (Å²) < 4.78 is 0. The highest BCUT2D eigenvalue weighted by Gasteiger charge is 2.21. The highest BCUT2D eigenvalue weighted by molar-refractivity contribution is 5.79. The fourth-order valence-electron chi connectivity index (χ4n) is 3.71. The predicted molar refractivity (Wildman–Crippen MR) is 85.4 cm³/mol. The topological polar surface area (TPSA) is 62.4 Å². The van der Waals surface area contributed by atoms with Gasteiger partial charge in [0.25, 0.3) is 0 Å². The van der Waals surface area contributed by atoms with E-state index in [1.165, 1.54) is 70.6 Å². The van der Waals surface area contributed by atoms with E-state index in [0.29, 0.717) is 12.1 Å². The van der Waals surface area contributed by atoms with Gasteiger partial charge in [-0.15, -0.1) is 0 Å². The predicted octanol–water partition coefficient (Wildman–Crippen LogP) is 3.09. The molecule has 0 atom stereocenters. The Bertz CT molecular complexity index is 289. The maximum absolute atomic E-state index is 5.64. The quantitative estimate of drug-likeness (QED) is 0.321. The van der Waals surface area contributed by atoms with Crippen LogP contribution in [0.2, 0.25) is 0 Å². The van der Waals surface area contributed by atoms with Gasteiger partial charge < -0.3 is 5.32 Å². The summed E-state index contributed by atoms with van der Waals surface area (Å²) in [6.45, 7) is 2.29. The SMILES string of the molecule is CCCC1CCC(N=C(NN)NC2CCCCC2)CC1. The molecule has 0 unspecified atom stereocenters. The third kappa shape index (κ3) is 4.97. The van der Waals surface area contributed by atoms with Gasteiger partial charge in [-0.05, 0) is 44.4 Å². The number of aliphatic imine (C=N–C) groups is 1. The Labute approximate surface area is 124 Å². The van der Waals surface area contributed by atoms with Crippen LogP contribution in [0.15, 0.2) is 4.99 Å². The summed E-state index contributed by atoms with van der Waals surface area (Å²) >= 11 is 0. The minimum absolute atomic E-state index is 0.463. The monoisotopic (exact) mass is 280 g/mol. The molecule has 0 saturated heterocycles. The average Bonchev–Trinajstić information content (AvgIpc) is 2.50. The van der Waals surface area contributed by atoms with E-state index >= 15 is 0 Å². The molecule has 0 aromatic carbocycles. The van der Waals surface area contributed by atoms with Crippen molar-refractivity contribution in [1.82, 2.24) is 10.7 Å². The number of nitrogens with two attached hydrogens (primary N) is 1. The molecule has 0 aromatic rings. The number of guanidine groups is 1. The van der Waals surface area contributed by atoms with Crippen molar-refractivity contribution < 1.29 is 0 Å². The van der Waals surface area contributed by atoms with Gasteiger partial charge in [0.2, 0.25) is 5.96 Å². The first-order chi connectivity index (χ1) is 9.81. The van der Waals surface area contributed by atoms with Crippen molar-refractivity contribution in [3.05, 3.63) is 0 Å². The van der Waals surface area contributed by atoms with Crippen LogP contribution in [0, 0.1) is 5.92 Å². The largest absolute Gasteiger partial charge is 0.353 e. The van der Waals surface area contributed by atoms with Crippen LogP contribution in [0.5, 0.6) is 0 Å². The smallest absolute Gasteiger partial charge is 0.206 e. The number of rotatable bonds is 4. The van der Waals surface area contributed by atoms with Crippen molar-refractivity contribution in [1.29, 1.82) is 0 Å². The van der Waals surface area contributed by atoms with Gasteiger partial charge in [-0.25, -0.2) is 10.8 Å². The number of hydrazine groups is 1. The van der Waals surface area contributed by atoms with Gasteiger partial charge in [0.15, 0.2) is 0 Å². The molecular formula is C16H32N4. The van der Waals surface area contributed by atoms with E-state index in [1.807, 2.05) is 0 Å². The molecule has 4 heteroatoms. The van der Waals surface area contributed by atoms with E-state index in [9.17, 15) is 0 Å². The second-order valence-electron chi connectivity index (χ2n) is 6.56. The molecule has 2 aliphatic carbocycles.